The molecule has 5 nitrogen and oxygen atoms in total. The molecule has 0 aliphatic heterocycles. The van der Waals surface area contributed by atoms with Gasteiger partial charge >= 0.3 is 0 Å². The maximum Gasteiger partial charge on any atom is 0.197 e. The summed E-state index contributed by atoms with van der Waals surface area (Å²) in [5, 5.41) is 10.7. The fraction of sp³-hybridized carbons (Fsp3) is 0.368. The van der Waals surface area contributed by atoms with Crippen molar-refractivity contribution in [1.29, 1.82) is 0 Å². The number of hydrogen-bond donors (Lipinski definition) is 1. The average molecular weight is 360 g/mol. The van der Waals surface area contributed by atoms with Crippen LogP contribution in [0.1, 0.15) is 48.5 Å². The molecule has 1 N–H and O–H groups in total. The molecule has 0 aliphatic rings. The van der Waals surface area contributed by atoms with Gasteiger partial charge in [-0.05, 0) is 37.0 Å². The molecule has 0 radical (unpaired) electrons. The summed E-state index contributed by atoms with van der Waals surface area (Å²) in [7, 11) is 0. The molecule has 0 aliphatic carbocycles. The molecular weight excluding hydrogens is 338 g/mol. The Morgan fingerprint density at radius 3 is 2.52 bits per heavy atom. The Morgan fingerprint density at radius 2 is 1.96 bits per heavy atom. The van der Waals surface area contributed by atoms with Gasteiger partial charge in [0.15, 0.2) is 5.89 Å². The summed E-state index contributed by atoms with van der Waals surface area (Å²) in [6.45, 7) is 4.08. The zero-order valence-electron chi connectivity index (χ0n) is 14.3. The predicted octanol–water partition coefficient (Wildman–Crippen LogP) is 4.34. The third kappa shape index (κ3) is 3.94. The molecule has 1 aromatic carbocycles. The van der Waals surface area contributed by atoms with Crippen molar-refractivity contribution in [3.8, 4) is 0 Å². The van der Waals surface area contributed by atoms with Crippen molar-refractivity contribution in [2.24, 2.45) is 0 Å². The largest absolute Gasteiger partial charge is 0.449 e. The first kappa shape index (κ1) is 17.7. The minimum atomic E-state index is -0.0689. The fourth-order valence-corrected chi connectivity index (χ4v) is 3.44. The van der Waals surface area contributed by atoms with Gasteiger partial charge in [-0.3, -0.25) is 0 Å². The lowest BCUT2D eigenvalue weighted by atomic mass is 9.82. The van der Waals surface area contributed by atoms with Gasteiger partial charge in [0.2, 0.25) is 0 Å². The number of rotatable bonds is 7. The van der Waals surface area contributed by atoms with Crippen LogP contribution >= 0.6 is 11.6 Å². The van der Waals surface area contributed by atoms with Gasteiger partial charge in [-0.1, -0.05) is 30.7 Å². The second kappa shape index (κ2) is 7.85. The van der Waals surface area contributed by atoms with Gasteiger partial charge in [0, 0.05) is 23.3 Å². The van der Waals surface area contributed by atoms with E-state index in [1.165, 1.54) is 0 Å². The van der Waals surface area contributed by atoms with Crippen molar-refractivity contribution in [3.05, 3.63) is 71.4 Å². The molecule has 3 unspecified atom stereocenters. The van der Waals surface area contributed by atoms with Crippen molar-refractivity contribution in [1.82, 2.24) is 14.5 Å². The van der Waals surface area contributed by atoms with Crippen LogP contribution in [0.3, 0.4) is 0 Å². The van der Waals surface area contributed by atoms with Gasteiger partial charge < -0.3 is 14.1 Å². The van der Waals surface area contributed by atoms with E-state index in [1.54, 1.807) is 18.7 Å². The van der Waals surface area contributed by atoms with Crippen LogP contribution in [0.15, 0.2) is 53.5 Å². The lowest BCUT2D eigenvalue weighted by Crippen LogP contribution is -2.20. The lowest BCUT2D eigenvalue weighted by molar-refractivity contribution is 0.205. The van der Waals surface area contributed by atoms with Crippen LogP contribution in [-0.2, 0) is 0 Å². The van der Waals surface area contributed by atoms with Gasteiger partial charge in [0.05, 0.1) is 18.8 Å². The summed E-state index contributed by atoms with van der Waals surface area (Å²) in [6.07, 6.45) is 7.65. The Hall–Kier alpha value is -2.11. The van der Waals surface area contributed by atoms with Crippen molar-refractivity contribution < 1.29 is 9.52 Å². The molecule has 0 saturated carbocycles. The number of aryl methyl sites for hydroxylation is 1. The van der Waals surface area contributed by atoms with Crippen molar-refractivity contribution in [2.45, 2.75) is 38.1 Å². The number of nitrogens with zero attached hydrogens (tertiary/aromatic N) is 3. The molecule has 3 aromatic rings. The Morgan fingerprint density at radius 1 is 1.20 bits per heavy atom. The minimum Gasteiger partial charge on any atom is -0.449 e. The molecule has 132 valence electrons. The normalized spacial score (nSPS) is 15.0. The number of imidazole rings is 1. The van der Waals surface area contributed by atoms with Crippen molar-refractivity contribution >= 4 is 11.6 Å². The highest BCUT2D eigenvalue weighted by atomic mass is 35.5. The highest BCUT2D eigenvalue weighted by Crippen LogP contribution is 2.38. The Balaban J connectivity index is 1.92. The molecule has 0 spiro atoms. The van der Waals surface area contributed by atoms with Gasteiger partial charge in [-0.25, -0.2) is 9.97 Å². The number of aromatic nitrogens is 3. The van der Waals surface area contributed by atoms with Gasteiger partial charge in [0.25, 0.3) is 0 Å². The average Bonchev–Trinajstić information content (AvgIpc) is 3.29. The molecule has 3 atom stereocenters. The van der Waals surface area contributed by atoms with E-state index in [0.717, 1.165) is 17.8 Å². The summed E-state index contributed by atoms with van der Waals surface area (Å²) in [4.78, 5) is 8.59. The maximum atomic E-state index is 9.97. The molecular formula is C19H22ClN3O2. The minimum absolute atomic E-state index is 0.0413. The number of aliphatic hydroxyl groups is 1. The number of oxazole rings is 1. The molecule has 2 aromatic heterocycles. The number of aliphatic hydroxyl groups excluding tert-OH is 1. The number of halogens is 1. The molecule has 6 heteroatoms. The van der Waals surface area contributed by atoms with E-state index < -0.39 is 0 Å². The molecule has 0 saturated heterocycles. The predicted molar refractivity (Wildman–Crippen MR) is 96.8 cm³/mol. The van der Waals surface area contributed by atoms with E-state index >= 15 is 0 Å². The van der Waals surface area contributed by atoms with Gasteiger partial charge in [-0.15, -0.1) is 0 Å². The summed E-state index contributed by atoms with van der Waals surface area (Å²) < 4.78 is 7.55. The van der Waals surface area contributed by atoms with E-state index in [9.17, 15) is 5.11 Å². The summed E-state index contributed by atoms with van der Waals surface area (Å²) in [5.74, 6) is 1.76. The summed E-state index contributed by atoms with van der Waals surface area (Å²) in [5.41, 5.74) is 1.14. The Bertz CT molecular complexity index is 783. The Labute approximate surface area is 152 Å². The maximum absolute atomic E-state index is 9.97. The summed E-state index contributed by atoms with van der Waals surface area (Å²) in [6, 6.07) is 7.77. The second-order valence-corrected chi connectivity index (χ2v) is 6.71. The lowest BCUT2D eigenvalue weighted by Gasteiger charge is -2.27. The third-order valence-electron chi connectivity index (χ3n) is 4.74. The van der Waals surface area contributed by atoms with Crippen LogP contribution in [0, 0.1) is 6.92 Å². The first-order valence-corrected chi connectivity index (χ1v) is 8.73. The standard InChI is InChI=1S/C19H22ClN3O2/c1-13(19-22-8-10-25-19)18(15-3-5-16(20)6-4-15)11-17(12-24)23-9-7-21-14(23)2/h3-10,13,17-18,24H,11-12H2,1-2H3. The first-order valence-electron chi connectivity index (χ1n) is 8.35. The molecule has 3 rings (SSSR count). The fourth-order valence-electron chi connectivity index (χ4n) is 3.31. The van der Waals surface area contributed by atoms with Crippen LogP contribution in [0.4, 0.5) is 0 Å². The molecule has 0 bridgehead atoms. The second-order valence-electron chi connectivity index (χ2n) is 6.27. The van der Waals surface area contributed by atoms with E-state index in [-0.39, 0.29) is 24.5 Å². The van der Waals surface area contributed by atoms with Crippen molar-refractivity contribution in [3.63, 3.8) is 0 Å². The Kier molecular flexibility index (Phi) is 5.56. The number of hydrogen-bond acceptors (Lipinski definition) is 4. The number of benzene rings is 1. The zero-order chi connectivity index (χ0) is 17.8. The topological polar surface area (TPSA) is 64.1 Å². The SMILES string of the molecule is Cc1nccn1C(CO)CC(c1ccc(Cl)cc1)C(C)c1ncco1. The summed E-state index contributed by atoms with van der Waals surface area (Å²) >= 11 is 6.05. The monoisotopic (exact) mass is 359 g/mol. The first-order chi connectivity index (χ1) is 12.1. The van der Waals surface area contributed by atoms with E-state index in [0.29, 0.717) is 10.9 Å². The van der Waals surface area contributed by atoms with E-state index in [2.05, 4.69) is 16.9 Å². The van der Waals surface area contributed by atoms with Crippen molar-refractivity contribution in [2.75, 3.05) is 6.61 Å². The quantitative estimate of drug-likeness (QED) is 0.681. The van der Waals surface area contributed by atoms with Gasteiger partial charge in [-0.2, -0.15) is 0 Å². The zero-order valence-corrected chi connectivity index (χ0v) is 15.1. The highest BCUT2D eigenvalue weighted by Gasteiger charge is 2.28. The molecule has 0 fully saturated rings. The van der Waals surface area contributed by atoms with Gasteiger partial charge in [0.1, 0.15) is 12.1 Å². The molecule has 25 heavy (non-hydrogen) atoms. The molecule has 2 heterocycles. The smallest absolute Gasteiger partial charge is 0.197 e. The van der Waals surface area contributed by atoms with Crippen LogP contribution < -0.4 is 0 Å². The highest BCUT2D eigenvalue weighted by molar-refractivity contribution is 6.30. The van der Waals surface area contributed by atoms with E-state index in [4.69, 9.17) is 16.0 Å². The van der Waals surface area contributed by atoms with Crippen LogP contribution in [0.25, 0.3) is 0 Å². The van der Waals surface area contributed by atoms with Crippen LogP contribution in [0.2, 0.25) is 5.02 Å². The van der Waals surface area contributed by atoms with Crippen LogP contribution in [0.5, 0.6) is 0 Å². The molecule has 0 amide bonds. The van der Waals surface area contributed by atoms with Crippen LogP contribution in [-0.4, -0.2) is 26.2 Å². The third-order valence-corrected chi connectivity index (χ3v) is 4.99. The van der Waals surface area contributed by atoms with E-state index in [1.807, 2.05) is 42.0 Å².